The van der Waals surface area contributed by atoms with Gasteiger partial charge in [-0.05, 0) is 69.2 Å². The molecule has 0 bridgehead atoms. The molecule has 0 spiro atoms. The Kier molecular flexibility index (Phi) is 15.3. The zero-order chi connectivity index (χ0) is 39.3. The van der Waals surface area contributed by atoms with E-state index in [0.717, 1.165) is 33.2 Å². The molecule has 5 N–H and O–H groups in total. The van der Waals surface area contributed by atoms with Crippen molar-refractivity contribution >= 4 is 52.1 Å². The molecule has 2 amide bonds. The second kappa shape index (κ2) is 20.3. The Morgan fingerprint density at radius 3 is 2.25 bits per heavy atom. The summed E-state index contributed by atoms with van der Waals surface area (Å²) in [4.78, 5) is 42.1. The number of nitrogens with one attached hydrogen (secondary N) is 2. The number of hydrogen-bond donors (Lipinski definition) is 4. The number of benzene rings is 2. The summed E-state index contributed by atoms with van der Waals surface area (Å²) in [5, 5.41) is 24.7. The zero-order valence-electron chi connectivity index (χ0n) is 31.0. The van der Waals surface area contributed by atoms with Crippen molar-refractivity contribution in [2.24, 2.45) is 10.7 Å². The topological polar surface area (TPSA) is 202 Å². The van der Waals surface area contributed by atoms with Gasteiger partial charge in [0.05, 0.1) is 57.8 Å². The molecule has 0 aliphatic carbocycles. The Bertz CT molecular complexity index is 1950. The van der Waals surface area contributed by atoms with Crippen LogP contribution in [0.5, 0.6) is 5.75 Å². The van der Waals surface area contributed by atoms with Gasteiger partial charge in [0.2, 0.25) is 11.8 Å². The molecular formula is C38H46ClN7O8S. The Morgan fingerprint density at radius 1 is 0.927 bits per heavy atom. The van der Waals surface area contributed by atoms with Gasteiger partial charge < -0.3 is 40.4 Å². The first-order valence-electron chi connectivity index (χ1n) is 17.9. The van der Waals surface area contributed by atoms with E-state index in [1.807, 2.05) is 35.8 Å². The number of aryl methyl sites for hydroxylation is 2. The van der Waals surface area contributed by atoms with Crippen LogP contribution in [0.3, 0.4) is 0 Å². The first-order chi connectivity index (χ1) is 26.5. The van der Waals surface area contributed by atoms with Crippen LogP contribution in [0.15, 0.2) is 53.5 Å². The van der Waals surface area contributed by atoms with E-state index in [2.05, 4.69) is 34.7 Å². The fraction of sp³-hybridized carbons (Fsp3) is 0.421. The Hall–Kier alpha value is -4.71. The number of carboxylic acids is 1. The largest absolute Gasteiger partial charge is 0.491 e. The minimum atomic E-state index is -0.994. The number of carbonyl (C=O) groups is 3. The van der Waals surface area contributed by atoms with Crippen LogP contribution >= 0.6 is 22.9 Å². The van der Waals surface area contributed by atoms with Gasteiger partial charge in [-0.1, -0.05) is 23.7 Å². The number of carboxylic acid groups (broad SMARTS) is 1. The number of ether oxygens (including phenoxy) is 4. The third kappa shape index (κ3) is 11.6. The lowest BCUT2D eigenvalue weighted by atomic mass is 9.99. The van der Waals surface area contributed by atoms with E-state index < -0.39 is 24.0 Å². The average Bonchev–Trinajstić information content (AvgIpc) is 3.64. The van der Waals surface area contributed by atoms with Gasteiger partial charge in [0.15, 0.2) is 5.82 Å². The number of aromatic nitrogens is 3. The van der Waals surface area contributed by atoms with Crippen molar-refractivity contribution in [3.8, 4) is 10.8 Å². The molecule has 294 valence electrons. The number of aliphatic carboxylic acids is 1. The summed E-state index contributed by atoms with van der Waals surface area (Å²) >= 11 is 7.88. The maximum atomic E-state index is 13.4. The molecular weight excluding hydrogens is 750 g/mol. The SMILES string of the molecule is Cc1sc2c(c1C)C(c1ccc(Cl)cc1)=N[C@@H](CC(=O)Nc1ccc(OCCOCCOCCOCCNC(=O)C(N)CCC(=O)O)cc1)c1nnc(C)n1-2. The van der Waals surface area contributed by atoms with Gasteiger partial charge in [-0.15, -0.1) is 21.5 Å². The molecule has 1 aliphatic heterocycles. The number of amides is 2. The van der Waals surface area contributed by atoms with Crippen molar-refractivity contribution in [1.82, 2.24) is 20.1 Å². The number of thiophene rings is 1. The molecule has 5 rings (SSSR count). The van der Waals surface area contributed by atoms with Gasteiger partial charge >= 0.3 is 5.97 Å². The molecule has 1 aliphatic rings. The van der Waals surface area contributed by atoms with E-state index >= 15 is 0 Å². The standard InChI is InChI=1S/C38H46ClN7O8S/c1-23-24(2)55-38-34(23)35(26-4-6-27(39)7-5-26)43-31(36-45-44-25(3)46(36)38)22-32(47)42-28-8-10-29(11-9-28)54-21-20-53-19-18-52-17-16-51-15-14-41-37(50)30(40)12-13-33(48)49/h4-11,30-31H,12-22,40H2,1-3H3,(H,41,50)(H,42,47)(H,48,49)/t30?,31-/m0/s1. The van der Waals surface area contributed by atoms with E-state index in [4.69, 9.17) is 46.4 Å². The molecule has 4 aromatic rings. The zero-order valence-corrected chi connectivity index (χ0v) is 32.6. The average molecular weight is 796 g/mol. The number of aliphatic imine (C=N–C) groups is 1. The second-order valence-electron chi connectivity index (χ2n) is 12.7. The van der Waals surface area contributed by atoms with Crippen molar-refractivity contribution in [1.29, 1.82) is 0 Å². The van der Waals surface area contributed by atoms with Crippen molar-refractivity contribution in [3.05, 3.63) is 86.8 Å². The highest BCUT2D eigenvalue weighted by Gasteiger charge is 2.32. The molecule has 0 fully saturated rings. The fourth-order valence-corrected chi connectivity index (χ4v) is 7.04. The molecule has 0 radical (unpaired) electrons. The number of nitrogens with two attached hydrogens (primary N) is 1. The molecule has 2 aromatic heterocycles. The van der Waals surface area contributed by atoms with Crippen LogP contribution in [0.2, 0.25) is 5.02 Å². The summed E-state index contributed by atoms with van der Waals surface area (Å²) in [5.41, 5.74) is 10.1. The van der Waals surface area contributed by atoms with E-state index in [1.54, 1.807) is 35.6 Å². The van der Waals surface area contributed by atoms with Gasteiger partial charge in [-0.2, -0.15) is 0 Å². The fourth-order valence-electron chi connectivity index (χ4n) is 5.70. The van der Waals surface area contributed by atoms with Crippen molar-refractivity contribution in [2.75, 3.05) is 58.1 Å². The van der Waals surface area contributed by atoms with Crippen molar-refractivity contribution < 1.29 is 38.4 Å². The smallest absolute Gasteiger partial charge is 0.303 e. The molecule has 3 heterocycles. The monoisotopic (exact) mass is 795 g/mol. The minimum absolute atomic E-state index is 0.0581. The van der Waals surface area contributed by atoms with Crippen LogP contribution in [0.1, 0.15) is 58.5 Å². The summed E-state index contributed by atoms with van der Waals surface area (Å²) < 4.78 is 24.2. The van der Waals surface area contributed by atoms with Crippen LogP contribution in [-0.4, -0.2) is 102 Å². The minimum Gasteiger partial charge on any atom is -0.491 e. The van der Waals surface area contributed by atoms with E-state index in [-0.39, 0.29) is 38.3 Å². The van der Waals surface area contributed by atoms with Crippen molar-refractivity contribution in [3.63, 3.8) is 0 Å². The molecule has 17 heteroatoms. The highest BCUT2D eigenvalue weighted by Crippen LogP contribution is 2.39. The van der Waals surface area contributed by atoms with Crippen LogP contribution in [0.4, 0.5) is 5.69 Å². The molecule has 1 unspecified atom stereocenters. The summed E-state index contributed by atoms with van der Waals surface area (Å²) in [6.45, 7) is 8.81. The third-order valence-corrected chi connectivity index (χ3v) is 10.1. The Balaban J connectivity index is 1.01. The van der Waals surface area contributed by atoms with Gasteiger partial charge in [-0.3, -0.25) is 23.9 Å². The maximum absolute atomic E-state index is 13.4. The van der Waals surface area contributed by atoms with Gasteiger partial charge in [0.25, 0.3) is 0 Å². The molecule has 2 atom stereocenters. The third-order valence-electron chi connectivity index (χ3n) is 8.67. The van der Waals surface area contributed by atoms with Crippen LogP contribution in [0, 0.1) is 20.8 Å². The van der Waals surface area contributed by atoms with E-state index in [1.165, 1.54) is 4.88 Å². The van der Waals surface area contributed by atoms with Gasteiger partial charge in [0, 0.05) is 39.7 Å². The number of anilines is 1. The number of halogens is 1. The molecule has 2 aromatic carbocycles. The van der Waals surface area contributed by atoms with Crippen LogP contribution in [-0.2, 0) is 28.6 Å². The number of hydrogen-bond acceptors (Lipinski definition) is 12. The van der Waals surface area contributed by atoms with E-state index in [9.17, 15) is 14.4 Å². The van der Waals surface area contributed by atoms with Crippen LogP contribution in [0.25, 0.3) is 5.00 Å². The first kappa shape index (κ1) is 41.5. The predicted octanol–water partition coefficient (Wildman–Crippen LogP) is 4.57. The molecule has 15 nitrogen and oxygen atoms in total. The van der Waals surface area contributed by atoms with Gasteiger partial charge in [0.1, 0.15) is 29.2 Å². The lowest BCUT2D eigenvalue weighted by Gasteiger charge is -2.13. The lowest BCUT2D eigenvalue weighted by molar-refractivity contribution is -0.137. The molecule has 0 saturated heterocycles. The highest BCUT2D eigenvalue weighted by atomic mass is 35.5. The number of rotatable bonds is 21. The lowest BCUT2D eigenvalue weighted by Crippen LogP contribution is -2.42. The maximum Gasteiger partial charge on any atom is 0.303 e. The van der Waals surface area contributed by atoms with Crippen LogP contribution < -0.4 is 21.1 Å². The summed E-state index contributed by atoms with van der Waals surface area (Å²) in [7, 11) is 0. The summed E-state index contributed by atoms with van der Waals surface area (Å²) in [6.07, 6.45) is -0.0225. The predicted molar refractivity (Wildman–Crippen MR) is 209 cm³/mol. The number of nitrogens with zero attached hydrogens (tertiary/aromatic N) is 4. The quantitative estimate of drug-likeness (QED) is 0.0862. The molecule has 0 saturated carbocycles. The Labute approximate surface area is 328 Å². The number of carbonyl (C=O) groups excluding carboxylic acids is 2. The second-order valence-corrected chi connectivity index (χ2v) is 14.3. The summed E-state index contributed by atoms with van der Waals surface area (Å²) in [5.74, 6) is 0.355. The Morgan fingerprint density at radius 2 is 1.58 bits per heavy atom. The molecule has 55 heavy (non-hydrogen) atoms. The highest BCUT2D eigenvalue weighted by molar-refractivity contribution is 7.15. The van der Waals surface area contributed by atoms with Gasteiger partial charge in [-0.25, -0.2) is 0 Å². The normalized spacial score (nSPS) is 14.0. The summed E-state index contributed by atoms with van der Waals surface area (Å²) in [6, 6.07) is 13.3. The number of fused-ring (bicyclic) bond motifs is 3. The van der Waals surface area contributed by atoms with E-state index in [0.29, 0.717) is 61.9 Å². The van der Waals surface area contributed by atoms with Crippen molar-refractivity contribution in [2.45, 2.75) is 52.1 Å². The first-order valence-corrected chi connectivity index (χ1v) is 19.1.